The van der Waals surface area contributed by atoms with Crippen molar-refractivity contribution in [3.63, 3.8) is 0 Å². The minimum Gasteiger partial charge on any atom is -0.295 e. The Kier molecular flexibility index (Phi) is 5.77. The maximum atomic E-state index is 12.4. The standard InChI is InChI=1S/C16H14BrN5OS2/c1-9-5-3-4-6-11(9)8-24-15-18-7-12(17)13(19-15)14(23)20-16-22-21-10(2)25-16/h3-7H,8H2,1-2H3,(H,20,22,23). The van der Waals surface area contributed by atoms with Gasteiger partial charge in [0.2, 0.25) is 5.13 Å². The Hall–Kier alpha value is -1.84. The summed E-state index contributed by atoms with van der Waals surface area (Å²) in [4.78, 5) is 21.1. The Morgan fingerprint density at radius 1 is 1.28 bits per heavy atom. The van der Waals surface area contributed by atoms with Gasteiger partial charge in [-0.15, -0.1) is 10.2 Å². The van der Waals surface area contributed by atoms with Gasteiger partial charge in [-0.2, -0.15) is 0 Å². The Morgan fingerprint density at radius 2 is 2.08 bits per heavy atom. The molecule has 0 aliphatic heterocycles. The van der Waals surface area contributed by atoms with Gasteiger partial charge in [0.05, 0.1) is 4.47 Å². The SMILES string of the molecule is Cc1nnc(NC(=O)c2nc(SCc3ccccc3C)ncc2Br)s1. The summed E-state index contributed by atoms with van der Waals surface area (Å²) in [5.74, 6) is 0.397. The van der Waals surface area contributed by atoms with Crippen molar-refractivity contribution in [2.24, 2.45) is 0 Å². The Balaban J connectivity index is 1.73. The number of carbonyl (C=O) groups is 1. The fourth-order valence-electron chi connectivity index (χ4n) is 2.00. The van der Waals surface area contributed by atoms with Crippen molar-refractivity contribution in [3.8, 4) is 0 Å². The number of aromatic nitrogens is 4. The molecule has 128 valence electrons. The van der Waals surface area contributed by atoms with Gasteiger partial charge < -0.3 is 0 Å². The number of hydrogen-bond acceptors (Lipinski definition) is 7. The fourth-order valence-corrected chi connectivity index (χ4v) is 3.85. The van der Waals surface area contributed by atoms with E-state index in [1.54, 1.807) is 6.20 Å². The lowest BCUT2D eigenvalue weighted by atomic mass is 10.1. The van der Waals surface area contributed by atoms with Gasteiger partial charge >= 0.3 is 0 Å². The highest BCUT2D eigenvalue weighted by atomic mass is 79.9. The number of nitrogens with zero attached hydrogens (tertiary/aromatic N) is 4. The van der Waals surface area contributed by atoms with E-state index in [0.29, 0.717) is 14.8 Å². The monoisotopic (exact) mass is 435 g/mol. The number of aryl methyl sites for hydroxylation is 2. The van der Waals surface area contributed by atoms with Crippen LogP contribution in [0.3, 0.4) is 0 Å². The van der Waals surface area contributed by atoms with Crippen LogP contribution in [-0.4, -0.2) is 26.1 Å². The van der Waals surface area contributed by atoms with Gasteiger partial charge in [0.1, 0.15) is 10.7 Å². The van der Waals surface area contributed by atoms with Gasteiger partial charge in [0.15, 0.2) is 5.16 Å². The van der Waals surface area contributed by atoms with E-state index in [-0.39, 0.29) is 11.6 Å². The summed E-state index contributed by atoms with van der Waals surface area (Å²) in [6.45, 7) is 3.90. The number of nitrogens with one attached hydrogen (secondary N) is 1. The first-order chi connectivity index (χ1) is 12.0. The van der Waals surface area contributed by atoms with E-state index >= 15 is 0 Å². The second-order valence-corrected chi connectivity index (χ2v) is 8.12. The van der Waals surface area contributed by atoms with Crippen LogP contribution in [-0.2, 0) is 5.75 Å². The number of carbonyl (C=O) groups excluding carboxylic acids is 1. The molecule has 6 nitrogen and oxygen atoms in total. The number of anilines is 1. The summed E-state index contributed by atoms with van der Waals surface area (Å²) in [6, 6.07) is 8.17. The highest BCUT2D eigenvalue weighted by molar-refractivity contribution is 9.10. The minimum atomic E-state index is -0.344. The van der Waals surface area contributed by atoms with E-state index < -0.39 is 0 Å². The molecule has 1 aromatic carbocycles. The lowest BCUT2D eigenvalue weighted by Crippen LogP contribution is -2.15. The van der Waals surface area contributed by atoms with E-state index in [1.807, 2.05) is 19.1 Å². The Labute approximate surface area is 161 Å². The van der Waals surface area contributed by atoms with Crippen molar-refractivity contribution >= 4 is 50.1 Å². The molecule has 0 saturated carbocycles. The van der Waals surface area contributed by atoms with Crippen molar-refractivity contribution in [1.29, 1.82) is 0 Å². The second kappa shape index (κ2) is 8.03. The Morgan fingerprint density at radius 3 is 2.80 bits per heavy atom. The molecule has 1 N–H and O–H groups in total. The first-order valence-electron chi connectivity index (χ1n) is 7.34. The zero-order valence-electron chi connectivity index (χ0n) is 13.5. The zero-order valence-corrected chi connectivity index (χ0v) is 16.7. The molecule has 0 radical (unpaired) electrons. The van der Waals surface area contributed by atoms with Crippen molar-refractivity contribution < 1.29 is 4.79 Å². The molecule has 3 rings (SSSR count). The quantitative estimate of drug-likeness (QED) is 0.476. The van der Waals surface area contributed by atoms with Crippen LogP contribution in [0.1, 0.15) is 26.6 Å². The normalized spacial score (nSPS) is 10.7. The van der Waals surface area contributed by atoms with Gasteiger partial charge in [0.25, 0.3) is 5.91 Å². The van der Waals surface area contributed by atoms with Crippen LogP contribution < -0.4 is 5.32 Å². The van der Waals surface area contributed by atoms with Gasteiger partial charge in [-0.3, -0.25) is 10.1 Å². The summed E-state index contributed by atoms with van der Waals surface area (Å²) < 4.78 is 0.534. The molecule has 0 spiro atoms. The molecule has 0 unspecified atom stereocenters. The van der Waals surface area contributed by atoms with Crippen molar-refractivity contribution in [2.75, 3.05) is 5.32 Å². The first kappa shape index (κ1) is 18.0. The third-order valence-corrected chi connectivity index (χ3v) is 5.55. The number of hydrogen-bond donors (Lipinski definition) is 1. The van der Waals surface area contributed by atoms with Crippen LogP contribution in [0.5, 0.6) is 0 Å². The number of halogens is 1. The molecule has 0 atom stereocenters. The number of benzene rings is 1. The average molecular weight is 436 g/mol. The van der Waals surface area contributed by atoms with Crippen LogP contribution in [0.15, 0.2) is 40.1 Å². The molecule has 0 bridgehead atoms. The highest BCUT2D eigenvalue weighted by Crippen LogP contribution is 2.24. The maximum absolute atomic E-state index is 12.4. The van der Waals surface area contributed by atoms with Crippen LogP contribution in [0.4, 0.5) is 5.13 Å². The van der Waals surface area contributed by atoms with Crippen LogP contribution in [0, 0.1) is 13.8 Å². The third kappa shape index (κ3) is 4.62. The maximum Gasteiger partial charge on any atom is 0.277 e. The zero-order chi connectivity index (χ0) is 17.8. The van der Waals surface area contributed by atoms with E-state index in [0.717, 1.165) is 10.8 Å². The summed E-state index contributed by atoms with van der Waals surface area (Å²) >= 11 is 6.13. The lowest BCUT2D eigenvalue weighted by Gasteiger charge is -2.07. The molecular weight excluding hydrogens is 422 g/mol. The van der Waals surface area contributed by atoms with Crippen molar-refractivity contribution in [2.45, 2.75) is 24.8 Å². The summed E-state index contributed by atoms with van der Waals surface area (Å²) in [7, 11) is 0. The Bertz CT molecular complexity index is 915. The number of thioether (sulfide) groups is 1. The summed E-state index contributed by atoms with van der Waals surface area (Å²) in [6.07, 6.45) is 1.59. The first-order valence-corrected chi connectivity index (χ1v) is 9.94. The predicted octanol–water partition coefficient (Wildman–Crippen LogP) is 4.25. The molecule has 2 aromatic heterocycles. The molecule has 0 fully saturated rings. The minimum absolute atomic E-state index is 0.273. The van der Waals surface area contributed by atoms with E-state index in [9.17, 15) is 4.79 Å². The molecule has 0 aliphatic carbocycles. The molecule has 25 heavy (non-hydrogen) atoms. The van der Waals surface area contributed by atoms with Gasteiger partial charge in [-0.1, -0.05) is 47.4 Å². The van der Waals surface area contributed by atoms with Crippen LogP contribution >= 0.6 is 39.0 Å². The molecular formula is C16H14BrN5OS2. The molecule has 9 heteroatoms. The molecule has 1 amide bonds. The van der Waals surface area contributed by atoms with Crippen molar-refractivity contribution in [1.82, 2.24) is 20.2 Å². The topological polar surface area (TPSA) is 80.7 Å². The number of rotatable bonds is 5. The molecule has 2 heterocycles. The highest BCUT2D eigenvalue weighted by Gasteiger charge is 2.16. The molecule has 0 aliphatic rings. The van der Waals surface area contributed by atoms with Gasteiger partial charge in [-0.25, -0.2) is 9.97 Å². The average Bonchev–Trinajstić information content (AvgIpc) is 3.00. The summed E-state index contributed by atoms with van der Waals surface area (Å²) in [5, 5.41) is 12.3. The smallest absolute Gasteiger partial charge is 0.277 e. The van der Waals surface area contributed by atoms with Crippen LogP contribution in [0.25, 0.3) is 0 Å². The lowest BCUT2D eigenvalue weighted by molar-refractivity contribution is 0.102. The van der Waals surface area contributed by atoms with E-state index in [1.165, 1.54) is 34.2 Å². The molecule has 0 saturated heterocycles. The van der Waals surface area contributed by atoms with Gasteiger partial charge in [-0.05, 0) is 40.9 Å². The number of amides is 1. The van der Waals surface area contributed by atoms with Gasteiger partial charge in [0, 0.05) is 11.9 Å². The molecule has 3 aromatic rings. The van der Waals surface area contributed by atoms with Crippen molar-refractivity contribution in [3.05, 3.63) is 56.8 Å². The predicted molar refractivity (Wildman–Crippen MR) is 103 cm³/mol. The van der Waals surface area contributed by atoms with E-state index in [4.69, 9.17) is 0 Å². The fraction of sp³-hybridized carbons (Fsp3) is 0.188. The summed E-state index contributed by atoms with van der Waals surface area (Å²) in [5.41, 5.74) is 2.71. The third-order valence-electron chi connectivity index (χ3n) is 3.30. The van der Waals surface area contributed by atoms with Crippen LogP contribution in [0.2, 0.25) is 0 Å². The van der Waals surface area contributed by atoms with E-state index in [2.05, 4.69) is 60.5 Å². The largest absolute Gasteiger partial charge is 0.295 e. The second-order valence-electron chi connectivity index (χ2n) is 5.14.